The Kier molecular flexibility index (Phi) is 6.85. The highest BCUT2D eigenvalue weighted by Crippen LogP contribution is 2.36. The Morgan fingerprint density at radius 2 is 1.47 bits per heavy atom. The lowest BCUT2D eigenvalue weighted by atomic mass is 10.1. The molecule has 0 aliphatic carbocycles. The average Bonchev–Trinajstić information content (AvgIpc) is 2.77. The summed E-state index contributed by atoms with van der Waals surface area (Å²) in [5.74, 6) is -0.372. The molecule has 0 fully saturated rings. The lowest BCUT2D eigenvalue weighted by Crippen LogP contribution is -2.66. The summed E-state index contributed by atoms with van der Waals surface area (Å²) >= 11 is 0. The van der Waals surface area contributed by atoms with Crippen LogP contribution >= 0.6 is 0 Å². The van der Waals surface area contributed by atoms with E-state index in [2.05, 4.69) is 74.3 Å². The number of aromatic nitrogens is 1. The van der Waals surface area contributed by atoms with Crippen molar-refractivity contribution in [3.05, 3.63) is 90.3 Å². The monoisotopic (exact) mass is 419 g/mol. The Labute approximate surface area is 180 Å². The molecule has 0 N–H and O–H groups in total. The molecule has 3 rings (SSSR count). The largest absolute Gasteiger partial charge is 0.465 e. The highest BCUT2D eigenvalue weighted by atomic mass is 28.4. The van der Waals surface area contributed by atoms with Crippen molar-refractivity contribution in [1.82, 2.24) is 4.98 Å². The number of carbonyl (C=O) groups is 1. The standard InChI is InChI=1S/C25H29NO3Si/c1-25(2,3)30(20-12-7-5-8-13-20,21-14-9-6-10-15-21)29-19-17-23-22(24(27)28-4)16-11-18-26-23/h5-16,18H,17,19H2,1-4H3. The summed E-state index contributed by atoms with van der Waals surface area (Å²) in [6.45, 7) is 7.22. The first-order valence-corrected chi connectivity index (χ1v) is 12.1. The molecule has 0 atom stereocenters. The van der Waals surface area contributed by atoms with Gasteiger partial charge >= 0.3 is 5.97 Å². The Balaban J connectivity index is 1.98. The maximum absolute atomic E-state index is 12.1. The molecule has 0 radical (unpaired) electrons. The first-order valence-electron chi connectivity index (χ1n) is 10.2. The van der Waals surface area contributed by atoms with Crippen molar-refractivity contribution < 1.29 is 14.0 Å². The highest BCUT2D eigenvalue weighted by Gasteiger charge is 2.50. The first kappa shape index (κ1) is 21.9. The molecule has 30 heavy (non-hydrogen) atoms. The fourth-order valence-corrected chi connectivity index (χ4v) is 8.56. The van der Waals surface area contributed by atoms with Gasteiger partial charge in [-0.15, -0.1) is 0 Å². The molecule has 3 aromatic rings. The average molecular weight is 420 g/mol. The maximum Gasteiger partial charge on any atom is 0.339 e. The number of rotatable bonds is 7. The van der Waals surface area contributed by atoms with Crippen molar-refractivity contribution in [2.24, 2.45) is 0 Å². The van der Waals surface area contributed by atoms with Crippen molar-refractivity contribution >= 4 is 24.7 Å². The molecule has 0 aliphatic rings. The van der Waals surface area contributed by atoms with Gasteiger partial charge in [-0.3, -0.25) is 4.98 Å². The zero-order valence-electron chi connectivity index (χ0n) is 18.1. The van der Waals surface area contributed by atoms with Crippen LogP contribution in [-0.2, 0) is 15.6 Å². The van der Waals surface area contributed by atoms with Crippen LogP contribution in [0.15, 0.2) is 79.0 Å². The Morgan fingerprint density at radius 1 is 0.900 bits per heavy atom. The predicted octanol–water partition coefficient (Wildman–Crippen LogP) is 3.99. The van der Waals surface area contributed by atoms with E-state index in [1.54, 1.807) is 18.3 Å². The van der Waals surface area contributed by atoms with E-state index in [0.717, 1.165) is 0 Å². The minimum absolute atomic E-state index is 0.0923. The molecule has 0 saturated heterocycles. The zero-order valence-corrected chi connectivity index (χ0v) is 19.1. The lowest BCUT2D eigenvalue weighted by molar-refractivity contribution is 0.0598. The first-order chi connectivity index (χ1) is 14.4. The molecule has 4 nitrogen and oxygen atoms in total. The molecule has 0 aliphatic heterocycles. The minimum atomic E-state index is -2.60. The van der Waals surface area contributed by atoms with Crippen LogP contribution in [0.25, 0.3) is 0 Å². The molecular formula is C25H29NO3Si. The van der Waals surface area contributed by atoms with E-state index in [9.17, 15) is 4.79 Å². The third kappa shape index (κ3) is 4.37. The summed E-state index contributed by atoms with van der Waals surface area (Å²) in [6, 6.07) is 24.5. The second kappa shape index (κ2) is 9.37. The third-order valence-corrected chi connectivity index (χ3v) is 10.4. The van der Waals surface area contributed by atoms with Gasteiger partial charge in [0.05, 0.1) is 18.4 Å². The number of nitrogens with zero attached hydrogens (tertiary/aromatic N) is 1. The van der Waals surface area contributed by atoms with Crippen LogP contribution in [0.5, 0.6) is 0 Å². The molecular weight excluding hydrogens is 390 g/mol. The molecule has 156 valence electrons. The number of pyridine rings is 1. The summed E-state index contributed by atoms with van der Waals surface area (Å²) in [7, 11) is -1.21. The second-order valence-corrected chi connectivity index (χ2v) is 12.6. The lowest BCUT2D eigenvalue weighted by Gasteiger charge is -2.43. The van der Waals surface area contributed by atoms with E-state index in [4.69, 9.17) is 9.16 Å². The molecule has 1 heterocycles. The molecule has 0 amide bonds. The van der Waals surface area contributed by atoms with Crippen LogP contribution in [0.3, 0.4) is 0 Å². The van der Waals surface area contributed by atoms with E-state index in [-0.39, 0.29) is 11.0 Å². The Hall–Kier alpha value is -2.76. The van der Waals surface area contributed by atoms with Crippen LogP contribution in [-0.4, -0.2) is 33.0 Å². The predicted molar refractivity (Wildman–Crippen MR) is 123 cm³/mol. The summed E-state index contributed by atoms with van der Waals surface area (Å²) in [5.41, 5.74) is 1.19. The van der Waals surface area contributed by atoms with Crippen LogP contribution < -0.4 is 10.4 Å². The zero-order chi connectivity index (χ0) is 21.6. The van der Waals surface area contributed by atoms with E-state index < -0.39 is 8.32 Å². The van der Waals surface area contributed by atoms with Gasteiger partial charge in [-0.05, 0) is 27.5 Å². The molecule has 2 aromatic carbocycles. The molecule has 0 unspecified atom stereocenters. The van der Waals surface area contributed by atoms with Crippen LogP contribution in [0, 0.1) is 0 Å². The molecule has 1 aromatic heterocycles. The Morgan fingerprint density at radius 3 is 1.97 bits per heavy atom. The summed E-state index contributed by atoms with van der Waals surface area (Å²) in [4.78, 5) is 16.5. The van der Waals surface area contributed by atoms with Crippen molar-refractivity contribution in [3.8, 4) is 0 Å². The molecule has 0 spiro atoms. The van der Waals surface area contributed by atoms with Gasteiger partial charge in [-0.2, -0.15) is 0 Å². The van der Waals surface area contributed by atoms with Gasteiger partial charge in [-0.1, -0.05) is 81.4 Å². The Bertz CT molecular complexity index is 929. The van der Waals surface area contributed by atoms with Crippen molar-refractivity contribution in [1.29, 1.82) is 0 Å². The van der Waals surface area contributed by atoms with Gasteiger partial charge in [0, 0.05) is 19.2 Å². The fourth-order valence-electron chi connectivity index (χ4n) is 4.00. The topological polar surface area (TPSA) is 48.4 Å². The van der Waals surface area contributed by atoms with Gasteiger partial charge in [0.2, 0.25) is 0 Å². The highest BCUT2D eigenvalue weighted by molar-refractivity contribution is 6.99. The van der Waals surface area contributed by atoms with Gasteiger partial charge in [-0.25, -0.2) is 4.79 Å². The minimum Gasteiger partial charge on any atom is -0.465 e. The van der Waals surface area contributed by atoms with Gasteiger partial charge in [0.1, 0.15) is 0 Å². The fraction of sp³-hybridized carbons (Fsp3) is 0.280. The number of carbonyl (C=O) groups excluding carboxylic acids is 1. The number of ether oxygens (including phenoxy) is 1. The number of hydrogen-bond acceptors (Lipinski definition) is 4. The van der Waals surface area contributed by atoms with E-state index >= 15 is 0 Å². The number of hydrogen-bond donors (Lipinski definition) is 0. The van der Waals surface area contributed by atoms with Crippen molar-refractivity contribution in [2.45, 2.75) is 32.2 Å². The number of methoxy groups -OCH3 is 1. The van der Waals surface area contributed by atoms with Crippen molar-refractivity contribution in [3.63, 3.8) is 0 Å². The van der Waals surface area contributed by atoms with Gasteiger partial charge in [0.25, 0.3) is 8.32 Å². The number of benzene rings is 2. The summed E-state index contributed by atoms with van der Waals surface area (Å²) in [5, 5.41) is 2.38. The summed E-state index contributed by atoms with van der Waals surface area (Å²) < 4.78 is 11.8. The van der Waals surface area contributed by atoms with Crippen LogP contribution in [0.1, 0.15) is 36.8 Å². The number of esters is 1. The van der Waals surface area contributed by atoms with Gasteiger partial charge < -0.3 is 9.16 Å². The molecule has 0 saturated carbocycles. The van der Waals surface area contributed by atoms with Crippen molar-refractivity contribution in [2.75, 3.05) is 13.7 Å². The summed E-state index contributed by atoms with van der Waals surface area (Å²) in [6.07, 6.45) is 2.24. The normalized spacial score (nSPS) is 11.9. The quantitative estimate of drug-likeness (QED) is 0.429. The van der Waals surface area contributed by atoms with E-state index in [1.165, 1.54) is 17.5 Å². The molecule has 5 heteroatoms. The van der Waals surface area contributed by atoms with E-state index in [1.807, 2.05) is 12.1 Å². The smallest absolute Gasteiger partial charge is 0.339 e. The second-order valence-electron chi connectivity index (χ2n) is 8.25. The maximum atomic E-state index is 12.1. The van der Waals surface area contributed by atoms with Gasteiger partial charge in [0.15, 0.2) is 0 Å². The van der Waals surface area contributed by atoms with Crippen LogP contribution in [0.2, 0.25) is 5.04 Å². The third-order valence-electron chi connectivity index (χ3n) is 5.37. The molecule has 0 bridgehead atoms. The van der Waals surface area contributed by atoms with E-state index in [0.29, 0.717) is 24.3 Å². The van der Waals surface area contributed by atoms with Crippen LogP contribution in [0.4, 0.5) is 0 Å². The SMILES string of the molecule is COC(=O)c1cccnc1CCO[Si](c1ccccc1)(c1ccccc1)C(C)(C)C.